The smallest absolute Gasteiger partial charge is 0.305 e. The van der Waals surface area contributed by atoms with Gasteiger partial charge >= 0.3 is 5.97 Å². The van der Waals surface area contributed by atoms with E-state index in [0.717, 1.165) is 30.9 Å². The van der Waals surface area contributed by atoms with Crippen LogP contribution in [0.2, 0.25) is 0 Å². The third-order valence-corrected chi connectivity index (χ3v) is 3.27. The molecule has 118 valence electrons. The van der Waals surface area contributed by atoms with Gasteiger partial charge in [0.05, 0.1) is 21.3 Å². The van der Waals surface area contributed by atoms with Crippen LogP contribution in [0.4, 0.5) is 0 Å². The van der Waals surface area contributed by atoms with Crippen LogP contribution in [0.3, 0.4) is 0 Å². The molecule has 0 saturated carbocycles. The molecule has 0 bridgehead atoms. The number of carbonyl (C=O) groups excluding carboxylic acids is 1. The Morgan fingerprint density at radius 1 is 1.19 bits per heavy atom. The fourth-order valence-corrected chi connectivity index (χ4v) is 2.12. The quantitative estimate of drug-likeness (QED) is 0.559. The molecule has 1 aromatic carbocycles. The van der Waals surface area contributed by atoms with Gasteiger partial charge in [0, 0.05) is 12.5 Å². The molecule has 0 aliphatic heterocycles. The number of ether oxygens (including phenoxy) is 3. The summed E-state index contributed by atoms with van der Waals surface area (Å²) in [6.45, 7) is 2.92. The number of hydrogen-bond donors (Lipinski definition) is 1. The zero-order valence-electron chi connectivity index (χ0n) is 13.3. The molecule has 0 heterocycles. The molecule has 0 saturated heterocycles. The number of benzene rings is 1. The van der Waals surface area contributed by atoms with Crippen molar-refractivity contribution in [3.63, 3.8) is 0 Å². The first kappa shape index (κ1) is 17.3. The number of esters is 1. The van der Waals surface area contributed by atoms with Gasteiger partial charge in [0.15, 0.2) is 11.5 Å². The Kier molecular flexibility index (Phi) is 7.61. The van der Waals surface area contributed by atoms with E-state index in [1.54, 1.807) is 14.2 Å². The van der Waals surface area contributed by atoms with Gasteiger partial charge in [-0.25, -0.2) is 0 Å². The van der Waals surface area contributed by atoms with Gasteiger partial charge in [-0.1, -0.05) is 6.07 Å². The minimum atomic E-state index is -0.163. The molecule has 0 aromatic heterocycles. The Bertz CT molecular complexity index is 448. The van der Waals surface area contributed by atoms with Crippen molar-refractivity contribution >= 4 is 5.97 Å². The van der Waals surface area contributed by atoms with E-state index in [1.807, 2.05) is 18.2 Å². The molecular formula is C16H25NO4. The number of nitrogens with one attached hydrogen (secondary N) is 1. The molecule has 5 nitrogen and oxygen atoms in total. The SMILES string of the molecule is COC(=O)CCCNC(C)Cc1ccc(OC)c(OC)c1. The van der Waals surface area contributed by atoms with Gasteiger partial charge in [-0.2, -0.15) is 0 Å². The summed E-state index contributed by atoms with van der Waals surface area (Å²) in [5.74, 6) is 1.32. The van der Waals surface area contributed by atoms with E-state index >= 15 is 0 Å². The van der Waals surface area contributed by atoms with Gasteiger partial charge in [-0.15, -0.1) is 0 Å². The summed E-state index contributed by atoms with van der Waals surface area (Å²) in [5, 5.41) is 3.40. The van der Waals surface area contributed by atoms with Gasteiger partial charge in [0.1, 0.15) is 0 Å². The van der Waals surface area contributed by atoms with Gasteiger partial charge in [0.2, 0.25) is 0 Å². The third-order valence-electron chi connectivity index (χ3n) is 3.27. The van der Waals surface area contributed by atoms with Crippen LogP contribution in [0.5, 0.6) is 11.5 Å². The molecule has 0 aliphatic carbocycles. The summed E-state index contributed by atoms with van der Waals surface area (Å²) >= 11 is 0. The van der Waals surface area contributed by atoms with Crippen molar-refractivity contribution < 1.29 is 19.0 Å². The molecule has 1 N–H and O–H groups in total. The zero-order valence-corrected chi connectivity index (χ0v) is 13.3. The highest BCUT2D eigenvalue weighted by molar-refractivity contribution is 5.69. The van der Waals surface area contributed by atoms with Crippen LogP contribution >= 0.6 is 0 Å². The maximum absolute atomic E-state index is 11.0. The van der Waals surface area contributed by atoms with E-state index in [-0.39, 0.29) is 5.97 Å². The largest absolute Gasteiger partial charge is 0.493 e. The summed E-state index contributed by atoms with van der Waals surface area (Å²) in [5.41, 5.74) is 1.18. The lowest BCUT2D eigenvalue weighted by molar-refractivity contribution is -0.140. The lowest BCUT2D eigenvalue weighted by Gasteiger charge is -2.15. The van der Waals surface area contributed by atoms with E-state index in [4.69, 9.17) is 9.47 Å². The molecule has 1 atom stereocenters. The average Bonchev–Trinajstić information content (AvgIpc) is 2.51. The van der Waals surface area contributed by atoms with Crippen molar-refractivity contribution in [2.75, 3.05) is 27.9 Å². The second kappa shape index (κ2) is 9.23. The summed E-state index contributed by atoms with van der Waals surface area (Å²) < 4.78 is 15.1. The van der Waals surface area contributed by atoms with E-state index in [9.17, 15) is 4.79 Å². The zero-order chi connectivity index (χ0) is 15.7. The molecule has 1 unspecified atom stereocenters. The van der Waals surface area contributed by atoms with Crippen molar-refractivity contribution in [2.45, 2.75) is 32.2 Å². The maximum atomic E-state index is 11.0. The lowest BCUT2D eigenvalue weighted by atomic mass is 10.1. The van der Waals surface area contributed by atoms with E-state index in [0.29, 0.717) is 12.5 Å². The number of methoxy groups -OCH3 is 3. The molecule has 1 rings (SSSR count). The first-order chi connectivity index (χ1) is 10.1. The average molecular weight is 295 g/mol. The number of rotatable bonds is 9. The van der Waals surface area contributed by atoms with Crippen LogP contribution in [0.15, 0.2) is 18.2 Å². The van der Waals surface area contributed by atoms with Crippen LogP contribution in [0.25, 0.3) is 0 Å². The molecule has 0 radical (unpaired) electrons. The van der Waals surface area contributed by atoms with Crippen LogP contribution in [-0.4, -0.2) is 39.9 Å². The Labute approximate surface area is 126 Å². The van der Waals surface area contributed by atoms with Crippen molar-refractivity contribution in [1.82, 2.24) is 5.32 Å². The van der Waals surface area contributed by atoms with Crippen molar-refractivity contribution in [1.29, 1.82) is 0 Å². The highest BCUT2D eigenvalue weighted by Crippen LogP contribution is 2.27. The van der Waals surface area contributed by atoms with Gasteiger partial charge < -0.3 is 19.5 Å². The lowest BCUT2D eigenvalue weighted by Crippen LogP contribution is -2.29. The fourth-order valence-electron chi connectivity index (χ4n) is 2.12. The minimum absolute atomic E-state index is 0.163. The maximum Gasteiger partial charge on any atom is 0.305 e. The summed E-state index contributed by atoms with van der Waals surface area (Å²) in [6.07, 6.45) is 2.12. The predicted octanol–water partition coefficient (Wildman–Crippen LogP) is 2.18. The molecule has 1 aromatic rings. The third kappa shape index (κ3) is 6.04. The summed E-state index contributed by atoms with van der Waals surface area (Å²) in [7, 11) is 4.68. The Morgan fingerprint density at radius 2 is 1.90 bits per heavy atom. The van der Waals surface area contributed by atoms with E-state index < -0.39 is 0 Å². The van der Waals surface area contributed by atoms with Crippen LogP contribution in [0, 0.1) is 0 Å². The van der Waals surface area contributed by atoms with Crippen LogP contribution in [-0.2, 0) is 16.0 Å². The van der Waals surface area contributed by atoms with Gasteiger partial charge in [-0.05, 0) is 44.0 Å². The second-order valence-electron chi connectivity index (χ2n) is 4.93. The standard InChI is InChI=1S/C16H25NO4/c1-12(17-9-5-6-16(18)21-4)10-13-7-8-14(19-2)15(11-13)20-3/h7-8,11-12,17H,5-6,9-10H2,1-4H3. The molecule has 0 amide bonds. The monoisotopic (exact) mass is 295 g/mol. The molecule has 21 heavy (non-hydrogen) atoms. The first-order valence-corrected chi connectivity index (χ1v) is 7.11. The van der Waals surface area contributed by atoms with Crippen molar-refractivity contribution in [2.24, 2.45) is 0 Å². The molecule has 0 fully saturated rings. The number of carbonyl (C=O) groups is 1. The topological polar surface area (TPSA) is 56.8 Å². The summed E-state index contributed by atoms with van der Waals surface area (Å²) in [6, 6.07) is 6.26. The van der Waals surface area contributed by atoms with E-state index in [1.165, 1.54) is 12.7 Å². The molecule has 5 heteroatoms. The minimum Gasteiger partial charge on any atom is -0.493 e. The molecular weight excluding hydrogens is 270 g/mol. The second-order valence-corrected chi connectivity index (χ2v) is 4.93. The van der Waals surface area contributed by atoms with E-state index in [2.05, 4.69) is 17.0 Å². The Balaban J connectivity index is 2.40. The van der Waals surface area contributed by atoms with Crippen molar-refractivity contribution in [3.8, 4) is 11.5 Å². The van der Waals surface area contributed by atoms with Gasteiger partial charge in [0.25, 0.3) is 0 Å². The highest BCUT2D eigenvalue weighted by atomic mass is 16.5. The molecule has 0 aliphatic rings. The first-order valence-electron chi connectivity index (χ1n) is 7.11. The number of hydrogen-bond acceptors (Lipinski definition) is 5. The van der Waals surface area contributed by atoms with Crippen molar-refractivity contribution in [3.05, 3.63) is 23.8 Å². The molecule has 0 spiro atoms. The van der Waals surface area contributed by atoms with Gasteiger partial charge in [-0.3, -0.25) is 4.79 Å². The predicted molar refractivity (Wildman–Crippen MR) is 82.0 cm³/mol. The fraction of sp³-hybridized carbons (Fsp3) is 0.562. The Morgan fingerprint density at radius 3 is 2.52 bits per heavy atom. The normalized spacial score (nSPS) is 11.8. The highest BCUT2D eigenvalue weighted by Gasteiger charge is 2.08. The summed E-state index contributed by atoms with van der Waals surface area (Å²) in [4.78, 5) is 11.0. The van der Waals surface area contributed by atoms with Crippen LogP contribution in [0.1, 0.15) is 25.3 Å². The van der Waals surface area contributed by atoms with Crippen LogP contribution < -0.4 is 14.8 Å². The Hall–Kier alpha value is -1.75.